The molecule has 0 bridgehead atoms. The lowest BCUT2D eigenvalue weighted by Gasteiger charge is -2.02. The maximum absolute atomic E-state index is 10.1. The SMILES string of the molecule is O=C(O)NCCCc1cccc(Br)c1. The maximum Gasteiger partial charge on any atom is 0.404 e. The molecule has 76 valence electrons. The van der Waals surface area contributed by atoms with E-state index in [1.54, 1.807) is 0 Å². The van der Waals surface area contributed by atoms with Gasteiger partial charge < -0.3 is 10.4 Å². The first kappa shape index (κ1) is 11.0. The van der Waals surface area contributed by atoms with Gasteiger partial charge in [0.05, 0.1) is 0 Å². The van der Waals surface area contributed by atoms with Crippen molar-refractivity contribution in [3.8, 4) is 0 Å². The number of amides is 1. The van der Waals surface area contributed by atoms with Gasteiger partial charge in [-0.25, -0.2) is 4.79 Å². The summed E-state index contributed by atoms with van der Waals surface area (Å²) in [6, 6.07) is 8.02. The summed E-state index contributed by atoms with van der Waals surface area (Å²) in [7, 11) is 0. The van der Waals surface area contributed by atoms with Crippen LogP contribution in [0.2, 0.25) is 0 Å². The Morgan fingerprint density at radius 1 is 1.50 bits per heavy atom. The summed E-state index contributed by atoms with van der Waals surface area (Å²) in [4.78, 5) is 10.1. The summed E-state index contributed by atoms with van der Waals surface area (Å²) in [5.74, 6) is 0. The minimum atomic E-state index is -0.959. The molecule has 0 unspecified atom stereocenters. The van der Waals surface area contributed by atoms with Gasteiger partial charge >= 0.3 is 6.09 Å². The second kappa shape index (κ2) is 5.65. The molecular formula is C10H12BrNO2. The second-order valence-electron chi connectivity index (χ2n) is 2.97. The Hall–Kier alpha value is -1.03. The zero-order chi connectivity index (χ0) is 10.4. The molecule has 3 nitrogen and oxygen atoms in total. The molecule has 1 rings (SSSR count). The number of halogens is 1. The molecule has 0 fully saturated rings. The van der Waals surface area contributed by atoms with E-state index in [9.17, 15) is 4.79 Å². The Morgan fingerprint density at radius 2 is 2.29 bits per heavy atom. The van der Waals surface area contributed by atoms with Gasteiger partial charge in [0.1, 0.15) is 0 Å². The molecular weight excluding hydrogens is 246 g/mol. The van der Waals surface area contributed by atoms with Crippen LogP contribution in [0.3, 0.4) is 0 Å². The van der Waals surface area contributed by atoms with Crippen LogP contribution in [0.1, 0.15) is 12.0 Å². The molecule has 0 spiro atoms. The summed E-state index contributed by atoms with van der Waals surface area (Å²) in [5.41, 5.74) is 1.21. The van der Waals surface area contributed by atoms with E-state index in [-0.39, 0.29) is 0 Å². The van der Waals surface area contributed by atoms with Crippen molar-refractivity contribution >= 4 is 22.0 Å². The lowest BCUT2D eigenvalue weighted by molar-refractivity contribution is 0.194. The summed E-state index contributed by atoms with van der Waals surface area (Å²) < 4.78 is 1.06. The number of hydrogen-bond donors (Lipinski definition) is 2. The van der Waals surface area contributed by atoms with Crippen molar-refractivity contribution in [1.82, 2.24) is 5.32 Å². The lowest BCUT2D eigenvalue weighted by Crippen LogP contribution is -2.22. The molecule has 2 N–H and O–H groups in total. The molecule has 1 aromatic carbocycles. The number of hydrogen-bond acceptors (Lipinski definition) is 1. The number of carboxylic acid groups (broad SMARTS) is 1. The van der Waals surface area contributed by atoms with E-state index in [1.165, 1.54) is 5.56 Å². The fourth-order valence-electron chi connectivity index (χ4n) is 1.18. The van der Waals surface area contributed by atoms with E-state index in [0.717, 1.165) is 17.3 Å². The Balaban J connectivity index is 2.28. The van der Waals surface area contributed by atoms with Crippen molar-refractivity contribution in [2.45, 2.75) is 12.8 Å². The van der Waals surface area contributed by atoms with Crippen LogP contribution in [0.15, 0.2) is 28.7 Å². The number of aryl methyl sites for hydroxylation is 1. The van der Waals surface area contributed by atoms with Gasteiger partial charge in [-0.3, -0.25) is 0 Å². The molecule has 0 aliphatic heterocycles. The predicted molar refractivity (Wildman–Crippen MR) is 58.5 cm³/mol. The van der Waals surface area contributed by atoms with Gasteiger partial charge in [-0.1, -0.05) is 28.1 Å². The van der Waals surface area contributed by atoms with E-state index in [4.69, 9.17) is 5.11 Å². The third-order valence-corrected chi connectivity index (χ3v) is 2.30. The monoisotopic (exact) mass is 257 g/mol. The first-order chi connectivity index (χ1) is 6.68. The molecule has 0 atom stereocenters. The van der Waals surface area contributed by atoms with E-state index in [1.807, 2.05) is 24.3 Å². The van der Waals surface area contributed by atoms with Crippen LogP contribution in [0, 0.1) is 0 Å². The molecule has 0 radical (unpaired) electrons. The topological polar surface area (TPSA) is 49.3 Å². The normalized spacial score (nSPS) is 9.79. The molecule has 4 heteroatoms. The summed E-state index contributed by atoms with van der Waals surface area (Å²) in [6.07, 6.45) is 0.752. The van der Waals surface area contributed by atoms with Gasteiger partial charge in [-0.05, 0) is 30.5 Å². The Morgan fingerprint density at radius 3 is 2.93 bits per heavy atom. The zero-order valence-corrected chi connectivity index (χ0v) is 9.25. The molecule has 14 heavy (non-hydrogen) atoms. The molecule has 1 aromatic rings. The van der Waals surface area contributed by atoms with E-state index >= 15 is 0 Å². The second-order valence-corrected chi connectivity index (χ2v) is 3.88. The van der Waals surface area contributed by atoms with Crippen LogP contribution in [-0.2, 0) is 6.42 Å². The number of benzene rings is 1. The Labute approximate surface area is 91.3 Å². The van der Waals surface area contributed by atoms with Crippen molar-refractivity contribution in [3.05, 3.63) is 34.3 Å². The highest BCUT2D eigenvalue weighted by Gasteiger charge is 1.96. The minimum absolute atomic E-state index is 0.502. The number of nitrogens with one attached hydrogen (secondary N) is 1. The smallest absolute Gasteiger partial charge is 0.404 e. The van der Waals surface area contributed by atoms with E-state index < -0.39 is 6.09 Å². The quantitative estimate of drug-likeness (QED) is 0.815. The zero-order valence-electron chi connectivity index (χ0n) is 7.66. The Kier molecular flexibility index (Phi) is 4.46. The largest absolute Gasteiger partial charge is 0.465 e. The first-order valence-corrected chi connectivity index (χ1v) is 5.19. The minimum Gasteiger partial charge on any atom is -0.465 e. The summed E-state index contributed by atoms with van der Waals surface area (Å²) >= 11 is 3.38. The van der Waals surface area contributed by atoms with Crippen LogP contribution in [0.4, 0.5) is 4.79 Å². The van der Waals surface area contributed by atoms with Crippen LogP contribution < -0.4 is 5.32 Å². The summed E-state index contributed by atoms with van der Waals surface area (Å²) in [6.45, 7) is 0.502. The third-order valence-electron chi connectivity index (χ3n) is 1.81. The average Bonchev–Trinajstić information content (AvgIpc) is 2.12. The molecule has 0 aliphatic rings. The van der Waals surface area contributed by atoms with Gasteiger partial charge in [-0.15, -0.1) is 0 Å². The highest BCUT2D eigenvalue weighted by Crippen LogP contribution is 2.12. The highest BCUT2D eigenvalue weighted by atomic mass is 79.9. The van der Waals surface area contributed by atoms with Gasteiger partial charge in [0.15, 0.2) is 0 Å². The highest BCUT2D eigenvalue weighted by molar-refractivity contribution is 9.10. The van der Waals surface area contributed by atoms with Crippen molar-refractivity contribution in [3.63, 3.8) is 0 Å². The number of carbonyl (C=O) groups is 1. The van der Waals surface area contributed by atoms with Gasteiger partial charge in [-0.2, -0.15) is 0 Å². The standard InChI is InChI=1S/C10H12BrNO2/c11-9-5-1-3-8(7-9)4-2-6-12-10(13)14/h1,3,5,7,12H,2,4,6H2,(H,13,14). The van der Waals surface area contributed by atoms with Crippen molar-refractivity contribution in [1.29, 1.82) is 0 Å². The molecule has 0 aliphatic carbocycles. The fourth-order valence-corrected chi connectivity index (χ4v) is 1.63. The van der Waals surface area contributed by atoms with E-state index in [2.05, 4.69) is 21.2 Å². The summed E-state index contributed by atoms with van der Waals surface area (Å²) in [5, 5.41) is 10.7. The van der Waals surface area contributed by atoms with E-state index in [0.29, 0.717) is 6.54 Å². The molecule has 0 heterocycles. The average molecular weight is 258 g/mol. The van der Waals surface area contributed by atoms with Gasteiger partial charge in [0.2, 0.25) is 0 Å². The fraction of sp³-hybridized carbons (Fsp3) is 0.300. The molecule has 0 aromatic heterocycles. The van der Waals surface area contributed by atoms with Crippen molar-refractivity contribution < 1.29 is 9.90 Å². The molecule has 0 saturated carbocycles. The van der Waals surface area contributed by atoms with Gasteiger partial charge in [0.25, 0.3) is 0 Å². The lowest BCUT2D eigenvalue weighted by atomic mass is 10.1. The van der Waals surface area contributed by atoms with Crippen molar-refractivity contribution in [2.75, 3.05) is 6.54 Å². The first-order valence-electron chi connectivity index (χ1n) is 4.40. The Bertz CT molecular complexity index is 315. The molecule has 1 amide bonds. The van der Waals surface area contributed by atoms with Gasteiger partial charge in [0, 0.05) is 11.0 Å². The third kappa shape index (κ3) is 4.28. The number of rotatable bonds is 4. The maximum atomic E-state index is 10.1. The van der Waals surface area contributed by atoms with Crippen molar-refractivity contribution in [2.24, 2.45) is 0 Å². The molecule has 0 saturated heterocycles. The van der Waals surface area contributed by atoms with Crippen LogP contribution in [-0.4, -0.2) is 17.7 Å². The predicted octanol–water partition coefficient (Wildman–Crippen LogP) is 2.65. The van der Waals surface area contributed by atoms with Crippen LogP contribution in [0.25, 0.3) is 0 Å². The van der Waals surface area contributed by atoms with Crippen LogP contribution in [0.5, 0.6) is 0 Å². The van der Waals surface area contributed by atoms with Crippen LogP contribution >= 0.6 is 15.9 Å².